The average Bonchev–Trinajstić information content (AvgIpc) is 0.786. The summed E-state index contributed by atoms with van der Waals surface area (Å²) in [5.74, 6) is -0.277. The van der Waals surface area contributed by atoms with E-state index in [0.717, 1.165) is 83.5 Å². The fourth-order valence-corrected chi connectivity index (χ4v) is 12.5. The Bertz CT molecular complexity index is 2000. The summed E-state index contributed by atoms with van der Waals surface area (Å²) in [6.45, 7) is 1.64. The molecule has 1 amide bonds. The Hall–Kier alpha value is -2.77. The number of amides is 1. The third kappa shape index (κ3) is 38.0. The molecule has 0 aromatic carbocycles. The van der Waals surface area contributed by atoms with E-state index in [0.29, 0.717) is 6.42 Å². The maximum atomic E-state index is 13.5. The van der Waals surface area contributed by atoms with Crippen molar-refractivity contribution >= 4 is 5.91 Å². The highest BCUT2D eigenvalue weighted by Crippen LogP contribution is 2.33. The Morgan fingerprint density at radius 2 is 0.726 bits per heavy atom. The van der Waals surface area contributed by atoms with Crippen molar-refractivity contribution in [2.75, 3.05) is 26.4 Å². The van der Waals surface area contributed by atoms with Gasteiger partial charge in [-0.2, -0.15) is 0 Å². The van der Waals surface area contributed by atoms with Gasteiger partial charge in [0, 0.05) is 6.42 Å². The molecule has 0 aromatic rings. The number of aliphatic hydroxyl groups is 11. The van der Waals surface area contributed by atoms with E-state index < -0.39 is 124 Å². The van der Waals surface area contributed by atoms with Crippen molar-refractivity contribution in [3.8, 4) is 0 Å². The highest BCUT2D eigenvalue weighted by atomic mass is 16.8. The van der Waals surface area contributed by atoms with Crippen LogP contribution in [0.5, 0.6) is 0 Å². The number of carbonyl (C=O) groups is 1. The summed E-state index contributed by atoms with van der Waals surface area (Å²) in [6.07, 6.45) is 45.8. The molecule has 0 spiro atoms. The van der Waals surface area contributed by atoms with Crippen LogP contribution in [0.15, 0.2) is 72.9 Å². The molecule has 3 saturated heterocycles. The first kappa shape index (κ1) is 86.5. The first-order valence-corrected chi connectivity index (χ1v) is 37.7. The molecule has 552 valence electrons. The summed E-state index contributed by atoms with van der Waals surface area (Å²) in [4.78, 5) is 13.5. The minimum Gasteiger partial charge on any atom is -0.394 e. The fourth-order valence-electron chi connectivity index (χ4n) is 12.5. The van der Waals surface area contributed by atoms with E-state index in [-0.39, 0.29) is 18.9 Å². The molecular formula is C76H135NO18. The first-order chi connectivity index (χ1) is 46.3. The molecule has 17 atom stereocenters. The van der Waals surface area contributed by atoms with Crippen molar-refractivity contribution in [2.45, 2.75) is 375 Å². The Labute approximate surface area is 572 Å². The Morgan fingerprint density at radius 3 is 1.14 bits per heavy atom. The smallest absolute Gasteiger partial charge is 0.220 e. The minimum absolute atomic E-state index is 0.239. The number of hydrogen-bond acceptors (Lipinski definition) is 18. The van der Waals surface area contributed by atoms with Gasteiger partial charge >= 0.3 is 0 Å². The lowest BCUT2D eigenvalue weighted by Crippen LogP contribution is -2.66. The normalized spacial score (nSPS) is 27.6. The van der Waals surface area contributed by atoms with Crippen LogP contribution in [0.25, 0.3) is 0 Å². The van der Waals surface area contributed by atoms with Gasteiger partial charge < -0.3 is 89.9 Å². The second-order valence-corrected chi connectivity index (χ2v) is 26.7. The fraction of sp³-hybridized carbons (Fsp3) is 0.829. The van der Waals surface area contributed by atoms with Crippen LogP contribution in [0.2, 0.25) is 0 Å². The third-order valence-electron chi connectivity index (χ3n) is 18.5. The number of ether oxygens (including phenoxy) is 6. The van der Waals surface area contributed by atoms with Gasteiger partial charge in [0.2, 0.25) is 5.91 Å². The van der Waals surface area contributed by atoms with Crippen molar-refractivity contribution in [1.29, 1.82) is 0 Å². The number of carbonyl (C=O) groups excluding carboxylic acids is 1. The number of hydrogen-bond donors (Lipinski definition) is 12. The molecule has 0 aliphatic carbocycles. The summed E-state index contributed by atoms with van der Waals surface area (Å²) in [5, 5.41) is 121. The monoisotopic (exact) mass is 1350 g/mol. The molecule has 0 radical (unpaired) electrons. The molecule has 95 heavy (non-hydrogen) atoms. The zero-order valence-electron chi connectivity index (χ0n) is 58.6. The van der Waals surface area contributed by atoms with Crippen molar-refractivity contribution < 1.29 is 89.4 Å². The van der Waals surface area contributed by atoms with E-state index >= 15 is 0 Å². The van der Waals surface area contributed by atoms with E-state index in [1.807, 2.05) is 6.08 Å². The van der Waals surface area contributed by atoms with Crippen LogP contribution in [0.4, 0.5) is 0 Å². The van der Waals surface area contributed by atoms with Crippen LogP contribution in [-0.2, 0) is 33.2 Å². The van der Waals surface area contributed by atoms with Crippen LogP contribution in [0.1, 0.15) is 271 Å². The van der Waals surface area contributed by atoms with Crippen LogP contribution in [0.3, 0.4) is 0 Å². The summed E-state index contributed by atoms with van der Waals surface area (Å²) in [5.41, 5.74) is 0. The Kier molecular flexibility index (Phi) is 51.8. The molecule has 3 fully saturated rings. The molecule has 3 heterocycles. The van der Waals surface area contributed by atoms with Gasteiger partial charge in [0.25, 0.3) is 0 Å². The molecule has 0 aromatic heterocycles. The zero-order valence-corrected chi connectivity index (χ0v) is 58.6. The Morgan fingerprint density at radius 1 is 0.389 bits per heavy atom. The van der Waals surface area contributed by atoms with Crippen LogP contribution in [-0.4, -0.2) is 193 Å². The summed E-state index contributed by atoms with van der Waals surface area (Å²) in [7, 11) is 0. The highest BCUT2D eigenvalue weighted by molar-refractivity contribution is 5.76. The zero-order chi connectivity index (χ0) is 68.9. The van der Waals surface area contributed by atoms with Crippen molar-refractivity contribution in [3.63, 3.8) is 0 Å². The third-order valence-corrected chi connectivity index (χ3v) is 18.5. The quantitative estimate of drug-likeness (QED) is 0.0199. The Balaban J connectivity index is 1.40. The molecule has 3 aliphatic heterocycles. The first-order valence-electron chi connectivity index (χ1n) is 37.7. The van der Waals surface area contributed by atoms with Crippen molar-refractivity contribution in [2.24, 2.45) is 0 Å². The van der Waals surface area contributed by atoms with E-state index in [4.69, 9.17) is 28.4 Å². The number of nitrogens with one attached hydrogen (secondary N) is 1. The standard InChI is InChI=1S/C76H135NO18/c1-3-5-7-9-11-13-15-17-19-21-23-25-26-27-28-29-30-31-32-34-36-38-40-42-44-46-48-50-52-54-64(82)77-59(60(81)53-51-49-47-45-43-41-39-37-35-33-24-22-20-18-16-14-12-10-8-6-4-2)58-90-74-70(88)67(85)72(62(56-79)92-74)95-76-71(89)68(86)73(63(57-80)93-76)94-75-69(87)66(84)65(83)61(55-78)91-75/h5,7,11,13,17,19,23,25,27-28,51,53,59-63,65-76,78-81,83-89H,3-4,6,8-10,12,14-16,18,20-22,24,26,29-50,52,54-58H2,1-2H3,(H,77,82)/b7-5-,13-11-,19-17-,25-23-,28-27-,53-51+. The van der Waals surface area contributed by atoms with E-state index in [1.54, 1.807) is 6.08 Å². The van der Waals surface area contributed by atoms with Gasteiger partial charge in [-0.1, -0.05) is 273 Å². The molecule has 3 aliphatic rings. The predicted octanol–water partition coefficient (Wildman–Crippen LogP) is 11.3. The number of aliphatic hydroxyl groups excluding tert-OH is 11. The van der Waals surface area contributed by atoms with Crippen LogP contribution in [0, 0.1) is 0 Å². The van der Waals surface area contributed by atoms with Gasteiger partial charge in [-0.05, 0) is 64.2 Å². The molecule has 17 unspecified atom stereocenters. The molecule has 0 saturated carbocycles. The van der Waals surface area contributed by atoms with Crippen molar-refractivity contribution in [3.05, 3.63) is 72.9 Å². The summed E-state index contributed by atoms with van der Waals surface area (Å²) < 4.78 is 34.4. The molecular weight excluding hydrogens is 1210 g/mol. The molecule has 0 bridgehead atoms. The maximum absolute atomic E-state index is 13.5. The molecule has 19 heteroatoms. The van der Waals surface area contributed by atoms with Crippen LogP contribution < -0.4 is 5.32 Å². The van der Waals surface area contributed by atoms with Gasteiger partial charge in [-0.25, -0.2) is 0 Å². The molecule has 19 nitrogen and oxygen atoms in total. The maximum Gasteiger partial charge on any atom is 0.220 e. The lowest BCUT2D eigenvalue weighted by Gasteiger charge is -2.48. The second kappa shape index (κ2) is 56.9. The number of unbranched alkanes of at least 4 members (excludes halogenated alkanes) is 32. The van der Waals surface area contributed by atoms with Gasteiger partial charge in [-0.15, -0.1) is 0 Å². The summed E-state index contributed by atoms with van der Waals surface area (Å²) >= 11 is 0. The second-order valence-electron chi connectivity index (χ2n) is 26.7. The highest BCUT2D eigenvalue weighted by Gasteiger charge is 2.53. The lowest BCUT2D eigenvalue weighted by molar-refractivity contribution is -0.379. The topological polar surface area (TPSA) is 307 Å². The number of allylic oxidation sites excluding steroid dienone is 11. The summed E-state index contributed by atoms with van der Waals surface area (Å²) in [6, 6.07) is -0.978. The van der Waals surface area contributed by atoms with E-state index in [9.17, 15) is 61.0 Å². The van der Waals surface area contributed by atoms with E-state index in [1.165, 1.54) is 161 Å². The average molecular weight is 1350 g/mol. The SMILES string of the molecule is CC/C=C\C/C=C\C/C=C\C/C=C\C/C=C\CCCCCCCCCCCCCCCC(=O)NC(COC1OC(CO)C(OC2OC(CO)C(OC3OC(CO)C(O)C(O)C3O)C(O)C2O)C(O)C1O)C(O)/C=C/CCCCCCCCCCCCCCCCCCCCC. The van der Waals surface area contributed by atoms with Gasteiger partial charge in [0.1, 0.15) is 73.2 Å². The molecule has 3 rings (SSSR count). The lowest BCUT2D eigenvalue weighted by atomic mass is 9.96. The minimum atomic E-state index is -1.98. The van der Waals surface area contributed by atoms with Gasteiger partial charge in [-0.3, -0.25) is 4.79 Å². The van der Waals surface area contributed by atoms with Crippen LogP contribution >= 0.6 is 0 Å². The van der Waals surface area contributed by atoms with Crippen molar-refractivity contribution in [1.82, 2.24) is 5.32 Å². The predicted molar refractivity (Wildman–Crippen MR) is 374 cm³/mol. The van der Waals surface area contributed by atoms with Gasteiger partial charge in [0.05, 0.1) is 38.6 Å². The van der Waals surface area contributed by atoms with E-state index in [2.05, 4.69) is 79.9 Å². The molecule has 12 N–H and O–H groups in total. The largest absolute Gasteiger partial charge is 0.394 e. The van der Waals surface area contributed by atoms with Gasteiger partial charge in [0.15, 0.2) is 18.9 Å². The number of rotatable bonds is 58.